The number of halogens is 2. The van der Waals surface area contributed by atoms with Crippen molar-refractivity contribution in [2.24, 2.45) is 5.92 Å². The Hall–Kier alpha value is -3.88. The number of aldehydes is 1. The Labute approximate surface area is 200 Å². The Balaban J connectivity index is 1.22. The van der Waals surface area contributed by atoms with Crippen LogP contribution in [0.2, 0.25) is 0 Å². The van der Waals surface area contributed by atoms with Gasteiger partial charge < -0.3 is 14.1 Å². The Morgan fingerprint density at radius 3 is 2.49 bits per heavy atom. The first-order valence-electron chi connectivity index (χ1n) is 11.6. The predicted octanol–water partition coefficient (Wildman–Crippen LogP) is 5.23. The topological polar surface area (TPSA) is 81.4 Å². The van der Waals surface area contributed by atoms with E-state index in [2.05, 4.69) is 26.8 Å². The number of aromatic nitrogens is 3. The summed E-state index contributed by atoms with van der Waals surface area (Å²) in [6.45, 7) is 3.79. The van der Waals surface area contributed by atoms with Crippen molar-refractivity contribution in [2.75, 3.05) is 24.6 Å². The molecule has 1 fully saturated rings. The lowest BCUT2D eigenvalue weighted by molar-refractivity contribution is 0.112. The fraction of sp³-hybridized carbons (Fsp3) is 0.308. The average Bonchev–Trinajstić information content (AvgIpc) is 3.32. The summed E-state index contributed by atoms with van der Waals surface area (Å²) in [6.07, 6.45) is 6.90. The summed E-state index contributed by atoms with van der Waals surface area (Å²) >= 11 is 0. The number of fused-ring (bicyclic) bond motifs is 1. The number of carbonyl (C=O) groups is 1. The zero-order valence-electron chi connectivity index (χ0n) is 19.2. The van der Waals surface area contributed by atoms with Crippen LogP contribution in [0.5, 0.6) is 5.75 Å². The van der Waals surface area contributed by atoms with Crippen LogP contribution in [-0.4, -0.2) is 40.9 Å². The third-order valence-electron chi connectivity index (χ3n) is 6.25. The first kappa shape index (κ1) is 22.9. The van der Waals surface area contributed by atoms with Crippen molar-refractivity contribution in [3.05, 3.63) is 65.5 Å². The molecule has 3 heterocycles. The lowest BCUT2D eigenvalue weighted by Gasteiger charge is -2.31. The molecule has 4 aromatic rings. The van der Waals surface area contributed by atoms with Crippen LogP contribution in [0.15, 0.2) is 47.1 Å². The summed E-state index contributed by atoms with van der Waals surface area (Å²) in [7, 11) is 0. The second-order valence-corrected chi connectivity index (χ2v) is 8.62. The highest BCUT2D eigenvalue weighted by molar-refractivity contribution is 5.85. The smallest absolute Gasteiger partial charge is 0.227 e. The Morgan fingerprint density at radius 2 is 1.83 bits per heavy atom. The molecule has 0 aliphatic carbocycles. The van der Waals surface area contributed by atoms with E-state index in [9.17, 15) is 13.6 Å². The molecule has 0 radical (unpaired) electrons. The van der Waals surface area contributed by atoms with Gasteiger partial charge in [0, 0.05) is 36.6 Å². The minimum atomic E-state index is -0.822. The van der Waals surface area contributed by atoms with Gasteiger partial charge in [-0.05, 0) is 61.1 Å². The first-order valence-corrected chi connectivity index (χ1v) is 11.6. The van der Waals surface area contributed by atoms with Gasteiger partial charge in [-0.3, -0.25) is 4.79 Å². The quantitative estimate of drug-likeness (QED) is 0.336. The zero-order valence-corrected chi connectivity index (χ0v) is 19.2. The van der Waals surface area contributed by atoms with E-state index in [1.165, 1.54) is 0 Å². The summed E-state index contributed by atoms with van der Waals surface area (Å²) in [6, 6.07) is 7.02. The molecule has 0 bridgehead atoms. The molecular weight excluding hydrogens is 454 g/mol. The molecule has 0 atom stereocenters. The number of anilines is 1. The van der Waals surface area contributed by atoms with Crippen molar-refractivity contribution in [3.8, 4) is 17.2 Å². The number of nitrogens with zero attached hydrogens (tertiary/aromatic N) is 4. The van der Waals surface area contributed by atoms with Crippen molar-refractivity contribution < 1.29 is 22.7 Å². The molecule has 180 valence electrons. The van der Waals surface area contributed by atoms with Gasteiger partial charge in [0.05, 0.1) is 6.61 Å². The highest BCUT2D eigenvalue weighted by Crippen LogP contribution is 2.31. The third kappa shape index (κ3) is 4.84. The maximum atomic E-state index is 14.8. The summed E-state index contributed by atoms with van der Waals surface area (Å²) in [4.78, 5) is 26.2. The van der Waals surface area contributed by atoms with Gasteiger partial charge in [0.25, 0.3) is 0 Å². The lowest BCUT2D eigenvalue weighted by atomic mass is 9.98. The molecule has 1 saturated heterocycles. The van der Waals surface area contributed by atoms with Crippen molar-refractivity contribution in [1.82, 2.24) is 15.0 Å². The summed E-state index contributed by atoms with van der Waals surface area (Å²) in [5.41, 5.74) is 2.54. The molecule has 35 heavy (non-hydrogen) atoms. The number of benzene rings is 2. The van der Waals surface area contributed by atoms with Gasteiger partial charge in [0.2, 0.25) is 11.8 Å². The van der Waals surface area contributed by atoms with Gasteiger partial charge in [-0.15, -0.1) is 0 Å². The van der Waals surface area contributed by atoms with E-state index < -0.39 is 17.4 Å². The molecule has 9 heteroatoms. The fourth-order valence-corrected chi connectivity index (χ4v) is 4.16. The molecule has 5 rings (SSSR count). The monoisotopic (exact) mass is 478 g/mol. The normalized spacial score (nSPS) is 14.4. The molecule has 0 saturated carbocycles. The summed E-state index contributed by atoms with van der Waals surface area (Å²) in [5.74, 6) is -1.11. The van der Waals surface area contributed by atoms with Crippen molar-refractivity contribution in [1.29, 1.82) is 0 Å². The molecule has 0 unspecified atom stereocenters. The SMILES string of the molecule is CCc1cnc(N2CCC(COc3c(F)cc(-c4nc5cc(C=O)ccc5o4)cc3F)CC2)nc1. The molecule has 1 aliphatic heterocycles. The van der Waals surface area contributed by atoms with E-state index in [4.69, 9.17) is 9.15 Å². The van der Waals surface area contributed by atoms with E-state index in [1.54, 1.807) is 18.2 Å². The van der Waals surface area contributed by atoms with Gasteiger partial charge in [-0.2, -0.15) is 0 Å². The molecule has 2 aromatic heterocycles. The number of hydrogen-bond donors (Lipinski definition) is 0. The van der Waals surface area contributed by atoms with Crippen LogP contribution in [0.3, 0.4) is 0 Å². The van der Waals surface area contributed by atoms with E-state index in [0.717, 1.165) is 50.0 Å². The molecule has 0 N–H and O–H groups in total. The van der Waals surface area contributed by atoms with Crippen molar-refractivity contribution in [3.63, 3.8) is 0 Å². The number of aryl methyl sites for hydroxylation is 1. The van der Waals surface area contributed by atoms with Gasteiger partial charge in [-0.25, -0.2) is 23.7 Å². The first-order chi connectivity index (χ1) is 17.0. The van der Waals surface area contributed by atoms with Crippen LogP contribution in [-0.2, 0) is 6.42 Å². The fourth-order valence-electron chi connectivity index (χ4n) is 4.16. The number of oxazole rings is 1. The second-order valence-electron chi connectivity index (χ2n) is 8.62. The number of hydrogen-bond acceptors (Lipinski definition) is 7. The van der Waals surface area contributed by atoms with Crippen LogP contribution in [0.25, 0.3) is 22.6 Å². The minimum absolute atomic E-state index is 0.0639. The van der Waals surface area contributed by atoms with Crippen LogP contribution >= 0.6 is 0 Å². The highest BCUT2D eigenvalue weighted by Gasteiger charge is 2.23. The second kappa shape index (κ2) is 9.77. The Bertz CT molecular complexity index is 1330. The Kier molecular flexibility index (Phi) is 6.39. The van der Waals surface area contributed by atoms with Crippen LogP contribution in [0, 0.1) is 17.6 Å². The van der Waals surface area contributed by atoms with Crippen LogP contribution in [0.4, 0.5) is 14.7 Å². The maximum absolute atomic E-state index is 14.8. The number of carbonyl (C=O) groups excluding carboxylic acids is 1. The minimum Gasteiger partial charge on any atom is -0.487 e. The number of piperidine rings is 1. The molecule has 0 spiro atoms. The number of ether oxygens (including phenoxy) is 1. The zero-order chi connectivity index (χ0) is 24.4. The average molecular weight is 478 g/mol. The Morgan fingerprint density at radius 1 is 1.11 bits per heavy atom. The predicted molar refractivity (Wildman–Crippen MR) is 127 cm³/mol. The van der Waals surface area contributed by atoms with Gasteiger partial charge in [-0.1, -0.05) is 6.92 Å². The van der Waals surface area contributed by atoms with Gasteiger partial charge >= 0.3 is 0 Å². The number of rotatable bonds is 7. The summed E-state index contributed by atoms with van der Waals surface area (Å²) in [5, 5.41) is 0. The molecule has 2 aromatic carbocycles. The van der Waals surface area contributed by atoms with E-state index >= 15 is 0 Å². The lowest BCUT2D eigenvalue weighted by Crippen LogP contribution is -2.36. The van der Waals surface area contributed by atoms with E-state index in [0.29, 0.717) is 28.9 Å². The van der Waals surface area contributed by atoms with Crippen LogP contribution in [0.1, 0.15) is 35.7 Å². The van der Waals surface area contributed by atoms with Crippen LogP contribution < -0.4 is 9.64 Å². The van der Waals surface area contributed by atoms with E-state index in [1.807, 2.05) is 12.4 Å². The van der Waals surface area contributed by atoms with E-state index in [-0.39, 0.29) is 24.0 Å². The standard InChI is InChI=1S/C26H24F2N4O3/c1-2-16-12-29-26(30-13-16)32-7-5-17(6-8-32)15-34-24-20(27)10-19(11-21(24)28)25-31-22-9-18(14-33)3-4-23(22)35-25/h3-4,9-14,17H,2,5-8,15H2,1H3. The van der Waals surface area contributed by atoms with Gasteiger partial charge in [0.1, 0.15) is 11.8 Å². The largest absolute Gasteiger partial charge is 0.487 e. The maximum Gasteiger partial charge on any atom is 0.227 e. The summed E-state index contributed by atoms with van der Waals surface area (Å²) < 4.78 is 40.7. The molecule has 0 amide bonds. The van der Waals surface area contributed by atoms with Crippen molar-refractivity contribution in [2.45, 2.75) is 26.2 Å². The molecule has 1 aliphatic rings. The molecule has 7 nitrogen and oxygen atoms in total. The molecular formula is C26H24F2N4O3. The van der Waals surface area contributed by atoms with Gasteiger partial charge in [0.15, 0.2) is 23.0 Å². The third-order valence-corrected chi connectivity index (χ3v) is 6.25. The highest BCUT2D eigenvalue weighted by atomic mass is 19.1. The van der Waals surface area contributed by atoms with Crippen molar-refractivity contribution >= 4 is 23.3 Å².